The lowest BCUT2D eigenvalue weighted by Gasteiger charge is -1.95. The topological polar surface area (TPSA) is 73.1 Å². The molecular formula is C11H12N2O2. The molecule has 0 aliphatic carbocycles. The van der Waals surface area contributed by atoms with Gasteiger partial charge in [0.25, 0.3) is 0 Å². The number of hydrogen-bond acceptors (Lipinski definition) is 3. The van der Waals surface area contributed by atoms with Gasteiger partial charge in [-0.05, 0) is 25.1 Å². The predicted octanol–water partition coefficient (Wildman–Crippen LogP) is 1.17. The Kier molecular flexibility index (Phi) is 3.74. The fraction of sp³-hybridized carbons (Fsp3) is 0.182. The second-order valence-corrected chi connectivity index (χ2v) is 3.10. The number of rotatable bonds is 4. The molecule has 1 aromatic heterocycles. The van der Waals surface area contributed by atoms with Gasteiger partial charge in [0.2, 0.25) is 5.91 Å². The van der Waals surface area contributed by atoms with Gasteiger partial charge in [-0.3, -0.25) is 14.6 Å². The third-order valence-electron chi connectivity index (χ3n) is 1.80. The summed E-state index contributed by atoms with van der Waals surface area (Å²) in [4.78, 5) is 25.4. The standard InChI is InChI=1S/C11H12N2O2/c1-8(14)9-5-6-10(13-7-9)3-2-4-11(12)15/h2-3,5-7H,4H2,1H3,(H2,12,15). The molecule has 0 saturated heterocycles. The average Bonchev–Trinajstić information content (AvgIpc) is 2.18. The zero-order valence-corrected chi connectivity index (χ0v) is 8.43. The van der Waals surface area contributed by atoms with Crippen LogP contribution in [0.1, 0.15) is 29.4 Å². The van der Waals surface area contributed by atoms with Gasteiger partial charge in [0, 0.05) is 18.2 Å². The van der Waals surface area contributed by atoms with Crippen molar-refractivity contribution in [2.75, 3.05) is 0 Å². The van der Waals surface area contributed by atoms with Gasteiger partial charge in [-0.1, -0.05) is 6.08 Å². The minimum atomic E-state index is -0.383. The molecule has 0 bridgehead atoms. The summed E-state index contributed by atoms with van der Waals surface area (Å²) in [5.74, 6) is -0.401. The van der Waals surface area contributed by atoms with E-state index in [9.17, 15) is 9.59 Å². The molecule has 4 heteroatoms. The minimum absolute atomic E-state index is 0.0184. The molecule has 0 atom stereocenters. The van der Waals surface area contributed by atoms with E-state index in [0.29, 0.717) is 11.3 Å². The van der Waals surface area contributed by atoms with E-state index in [4.69, 9.17) is 5.73 Å². The van der Waals surface area contributed by atoms with Gasteiger partial charge in [-0.2, -0.15) is 0 Å². The normalized spacial score (nSPS) is 10.5. The van der Waals surface area contributed by atoms with Crippen LogP contribution in [-0.2, 0) is 4.79 Å². The third kappa shape index (κ3) is 3.72. The van der Waals surface area contributed by atoms with Gasteiger partial charge >= 0.3 is 0 Å². The van der Waals surface area contributed by atoms with Crippen LogP contribution < -0.4 is 5.73 Å². The van der Waals surface area contributed by atoms with Gasteiger partial charge in [-0.15, -0.1) is 0 Å². The van der Waals surface area contributed by atoms with Gasteiger partial charge in [-0.25, -0.2) is 0 Å². The molecule has 0 saturated carbocycles. The molecule has 1 amide bonds. The minimum Gasteiger partial charge on any atom is -0.369 e. The van der Waals surface area contributed by atoms with Crippen LogP contribution in [0, 0.1) is 0 Å². The van der Waals surface area contributed by atoms with Gasteiger partial charge in [0.05, 0.1) is 5.69 Å². The van der Waals surface area contributed by atoms with Crippen molar-refractivity contribution in [2.24, 2.45) is 5.73 Å². The molecule has 15 heavy (non-hydrogen) atoms. The summed E-state index contributed by atoms with van der Waals surface area (Å²) in [6, 6.07) is 3.41. The second kappa shape index (κ2) is 5.05. The number of pyridine rings is 1. The van der Waals surface area contributed by atoms with Crippen molar-refractivity contribution >= 4 is 17.8 Å². The molecule has 2 N–H and O–H groups in total. The molecule has 0 unspecified atom stereocenters. The van der Waals surface area contributed by atoms with Crippen molar-refractivity contribution in [1.82, 2.24) is 4.98 Å². The lowest BCUT2D eigenvalue weighted by molar-refractivity contribution is -0.117. The first kappa shape index (κ1) is 11.1. The number of nitrogens with two attached hydrogens (primary N) is 1. The highest BCUT2D eigenvalue weighted by atomic mass is 16.1. The fourth-order valence-corrected chi connectivity index (χ4v) is 1.01. The maximum absolute atomic E-state index is 10.9. The molecular weight excluding hydrogens is 192 g/mol. The van der Waals surface area contributed by atoms with E-state index in [1.807, 2.05) is 0 Å². The summed E-state index contributed by atoms with van der Waals surface area (Å²) in [5, 5.41) is 0. The number of aromatic nitrogens is 1. The Labute approximate surface area is 87.8 Å². The van der Waals surface area contributed by atoms with E-state index in [0.717, 1.165) is 0 Å². The highest BCUT2D eigenvalue weighted by molar-refractivity contribution is 5.93. The SMILES string of the molecule is CC(=O)c1ccc(C=CCC(N)=O)nc1. The molecule has 1 rings (SSSR count). The summed E-state index contributed by atoms with van der Waals surface area (Å²) in [5.41, 5.74) is 6.23. The summed E-state index contributed by atoms with van der Waals surface area (Å²) in [6.45, 7) is 1.49. The van der Waals surface area contributed by atoms with Crippen LogP contribution in [0.25, 0.3) is 6.08 Å². The Bertz CT molecular complexity index is 394. The van der Waals surface area contributed by atoms with Crippen LogP contribution in [0.5, 0.6) is 0 Å². The monoisotopic (exact) mass is 204 g/mol. The van der Waals surface area contributed by atoms with E-state index in [-0.39, 0.29) is 18.1 Å². The van der Waals surface area contributed by atoms with E-state index in [1.54, 1.807) is 24.3 Å². The Balaban J connectivity index is 2.68. The number of amides is 1. The summed E-state index contributed by atoms with van der Waals surface area (Å²) >= 11 is 0. The van der Waals surface area contributed by atoms with Crippen molar-refractivity contribution in [3.05, 3.63) is 35.7 Å². The van der Waals surface area contributed by atoms with Crippen LogP contribution in [0.3, 0.4) is 0 Å². The molecule has 0 spiro atoms. The van der Waals surface area contributed by atoms with Gasteiger partial charge in [0.15, 0.2) is 5.78 Å². The first-order valence-corrected chi connectivity index (χ1v) is 4.51. The molecule has 0 aromatic carbocycles. The molecule has 4 nitrogen and oxygen atoms in total. The smallest absolute Gasteiger partial charge is 0.221 e. The largest absolute Gasteiger partial charge is 0.369 e. The number of carbonyl (C=O) groups excluding carboxylic acids is 2. The molecule has 1 aromatic rings. The summed E-state index contributed by atoms with van der Waals surface area (Å²) < 4.78 is 0. The first-order chi connectivity index (χ1) is 7.09. The lowest BCUT2D eigenvalue weighted by Crippen LogP contribution is -2.07. The Morgan fingerprint density at radius 2 is 2.20 bits per heavy atom. The van der Waals surface area contributed by atoms with Crippen molar-refractivity contribution in [3.8, 4) is 0 Å². The van der Waals surface area contributed by atoms with Crippen LogP contribution >= 0.6 is 0 Å². The zero-order chi connectivity index (χ0) is 11.3. The van der Waals surface area contributed by atoms with Crippen LogP contribution in [0.2, 0.25) is 0 Å². The number of primary amides is 1. The molecule has 1 heterocycles. The fourth-order valence-electron chi connectivity index (χ4n) is 1.01. The Morgan fingerprint density at radius 1 is 1.47 bits per heavy atom. The molecule has 78 valence electrons. The maximum atomic E-state index is 10.9. The summed E-state index contributed by atoms with van der Waals surface area (Å²) in [7, 11) is 0. The zero-order valence-electron chi connectivity index (χ0n) is 8.43. The molecule has 0 fully saturated rings. The Hall–Kier alpha value is -1.97. The van der Waals surface area contributed by atoms with Crippen molar-refractivity contribution in [2.45, 2.75) is 13.3 Å². The number of Topliss-reactive ketones (excluding diaryl/α,β-unsaturated/α-hetero) is 1. The highest BCUT2D eigenvalue weighted by Crippen LogP contribution is 2.03. The molecule has 0 radical (unpaired) electrons. The van der Waals surface area contributed by atoms with Crippen LogP contribution in [0.4, 0.5) is 0 Å². The lowest BCUT2D eigenvalue weighted by atomic mass is 10.2. The Morgan fingerprint density at radius 3 is 2.67 bits per heavy atom. The van der Waals surface area contributed by atoms with Crippen LogP contribution in [-0.4, -0.2) is 16.7 Å². The van der Waals surface area contributed by atoms with Gasteiger partial charge < -0.3 is 5.73 Å². The number of nitrogens with zero attached hydrogens (tertiary/aromatic N) is 1. The average molecular weight is 204 g/mol. The molecule has 0 aliphatic heterocycles. The van der Waals surface area contributed by atoms with E-state index >= 15 is 0 Å². The number of hydrogen-bond donors (Lipinski definition) is 1. The highest BCUT2D eigenvalue weighted by Gasteiger charge is 1.98. The van der Waals surface area contributed by atoms with E-state index < -0.39 is 0 Å². The third-order valence-corrected chi connectivity index (χ3v) is 1.80. The van der Waals surface area contributed by atoms with Crippen molar-refractivity contribution in [1.29, 1.82) is 0 Å². The molecule has 0 aliphatic rings. The van der Waals surface area contributed by atoms with E-state index in [1.165, 1.54) is 13.1 Å². The number of ketones is 1. The van der Waals surface area contributed by atoms with Gasteiger partial charge in [0.1, 0.15) is 0 Å². The quantitative estimate of drug-likeness (QED) is 0.748. The maximum Gasteiger partial charge on any atom is 0.221 e. The number of carbonyl (C=O) groups is 2. The van der Waals surface area contributed by atoms with Crippen LogP contribution in [0.15, 0.2) is 24.4 Å². The first-order valence-electron chi connectivity index (χ1n) is 4.51. The second-order valence-electron chi connectivity index (χ2n) is 3.10. The van der Waals surface area contributed by atoms with E-state index in [2.05, 4.69) is 4.98 Å². The summed E-state index contributed by atoms with van der Waals surface area (Å²) in [6.07, 6.45) is 5.02. The predicted molar refractivity (Wildman–Crippen MR) is 57.1 cm³/mol. The van der Waals surface area contributed by atoms with Crippen molar-refractivity contribution in [3.63, 3.8) is 0 Å². The van der Waals surface area contributed by atoms with Crippen molar-refractivity contribution < 1.29 is 9.59 Å².